The van der Waals surface area contributed by atoms with Crippen molar-refractivity contribution in [3.63, 3.8) is 0 Å². The number of carbonyl (C=O) groups is 2. The topological polar surface area (TPSA) is 108 Å². The van der Waals surface area contributed by atoms with Crippen LogP contribution >= 0.6 is 0 Å². The molecule has 0 aliphatic carbocycles. The highest BCUT2D eigenvalue weighted by Gasteiger charge is 2.19. The number of aryl methyl sites for hydroxylation is 3. The summed E-state index contributed by atoms with van der Waals surface area (Å²) in [5.41, 5.74) is 4.85. The summed E-state index contributed by atoms with van der Waals surface area (Å²) in [4.78, 5) is 25.1. The molecule has 0 amide bonds. The number of primary sulfonamides is 1. The molecule has 0 saturated heterocycles. The molecule has 0 unspecified atom stereocenters. The molecule has 7 nitrogen and oxygen atoms in total. The van der Waals surface area contributed by atoms with Gasteiger partial charge in [-0.3, -0.25) is 4.79 Å². The fourth-order valence-corrected chi connectivity index (χ4v) is 4.13. The van der Waals surface area contributed by atoms with Gasteiger partial charge in [0.15, 0.2) is 6.61 Å². The molecule has 3 rings (SSSR count). The molecule has 1 aromatic heterocycles. The Morgan fingerprint density at radius 1 is 0.935 bits per heavy atom. The predicted molar refractivity (Wildman–Crippen MR) is 117 cm³/mol. The first kappa shape index (κ1) is 22.5. The summed E-state index contributed by atoms with van der Waals surface area (Å²) < 4.78 is 30.0. The lowest BCUT2D eigenvalue weighted by atomic mass is 10.1. The van der Waals surface area contributed by atoms with Crippen LogP contribution in [0, 0.1) is 27.7 Å². The number of nitrogens with two attached hydrogens (primary N) is 1. The lowest BCUT2D eigenvalue weighted by molar-refractivity contribution is 0.0474. The number of benzene rings is 2. The highest BCUT2D eigenvalue weighted by Crippen LogP contribution is 2.22. The number of hydrogen-bond donors (Lipinski definition) is 1. The molecule has 0 bridgehead atoms. The SMILES string of the molecule is Cc1cc(C)cc(C(=O)OCC(=O)c2cc(C)n(-c3ccc(S(N)(=O)=O)cc3)c2C)c1. The van der Waals surface area contributed by atoms with Crippen LogP contribution in [0.4, 0.5) is 0 Å². The predicted octanol–water partition coefficient (Wildman–Crippen LogP) is 3.40. The van der Waals surface area contributed by atoms with Crippen molar-refractivity contribution in [1.82, 2.24) is 4.57 Å². The number of sulfonamides is 1. The number of hydrogen-bond acceptors (Lipinski definition) is 5. The van der Waals surface area contributed by atoms with Crippen molar-refractivity contribution in [3.05, 3.63) is 82.2 Å². The Morgan fingerprint density at radius 3 is 2.06 bits per heavy atom. The number of ketones is 1. The quantitative estimate of drug-likeness (QED) is 0.467. The van der Waals surface area contributed by atoms with Gasteiger partial charge in [-0.1, -0.05) is 17.2 Å². The van der Waals surface area contributed by atoms with Gasteiger partial charge in [0, 0.05) is 22.6 Å². The van der Waals surface area contributed by atoms with E-state index in [0.717, 1.165) is 16.8 Å². The molecule has 0 fully saturated rings. The van der Waals surface area contributed by atoms with Crippen molar-refractivity contribution in [2.75, 3.05) is 6.61 Å². The van der Waals surface area contributed by atoms with E-state index in [-0.39, 0.29) is 17.3 Å². The second-order valence-corrected chi connectivity index (χ2v) is 9.10. The fourth-order valence-electron chi connectivity index (χ4n) is 3.61. The van der Waals surface area contributed by atoms with Crippen molar-refractivity contribution < 1.29 is 22.7 Å². The molecular weight excluding hydrogens is 416 g/mol. The molecule has 162 valence electrons. The summed E-state index contributed by atoms with van der Waals surface area (Å²) in [5, 5.41) is 5.14. The smallest absolute Gasteiger partial charge is 0.338 e. The molecule has 1 heterocycles. The molecule has 31 heavy (non-hydrogen) atoms. The number of carbonyl (C=O) groups excluding carboxylic acids is 2. The molecule has 0 aliphatic heterocycles. The summed E-state index contributed by atoms with van der Waals surface area (Å²) in [7, 11) is -3.79. The average molecular weight is 441 g/mol. The van der Waals surface area contributed by atoms with E-state index in [1.54, 1.807) is 37.3 Å². The Labute approximate surface area is 181 Å². The van der Waals surface area contributed by atoms with Crippen molar-refractivity contribution in [3.8, 4) is 5.69 Å². The van der Waals surface area contributed by atoms with Gasteiger partial charge in [0.1, 0.15) is 0 Å². The Morgan fingerprint density at radius 2 is 1.52 bits per heavy atom. The van der Waals surface area contributed by atoms with Crippen LogP contribution in [0.1, 0.15) is 43.2 Å². The van der Waals surface area contributed by atoms with Crippen LogP contribution in [0.25, 0.3) is 5.69 Å². The first-order valence-corrected chi connectivity index (χ1v) is 11.1. The maximum atomic E-state index is 12.7. The van der Waals surface area contributed by atoms with Crippen molar-refractivity contribution in [1.29, 1.82) is 0 Å². The standard InChI is InChI=1S/C23H24N2O5S/c1-14-9-15(2)11-18(10-14)23(27)30-13-22(26)21-12-16(3)25(17(21)4)19-5-7-20(8-6-19)31(24,28)29/h5-12H,13H2,1-4H3,(H2,24,28,29). The van der Waals surface area contributed by atoms with Crippen LogP contribution in [-0.4, -0.2) is 31.3 Å². The first-order chi connectivity index (χ1) is 14.5. The van der Waals surface area contributed by atoms with Gasteiger partial charge >= 0.3 is 5.97 Å². The number of rotatable bonds is 6. The maximum Gasteiger partial charge on any atom is 0.338 e. The minimum absolute atomic E-state index is 0.00769. The van der Waals surface area contributed by atoms with Crippen LogP contribution in [0.15, 0.2) is 53.4 Å². The third kappa shape index (κ3) is 4.92. The van der Waals surface area contributed by atoms with E-state index in [2.05, 4.69) is 0 Å². The number of ether oxygens (including phenoxy) is 1. The summed E-state index contributed by atoms with van der Waals surface area (Å²) in [6, 6.07) is 13.2. The normalized spacial score (nSPS) is 11.4. The van der Waals surface area contributed by atoms with Gasteiger partial charge in [-0.25, -0.2) is 18.4 Å². The van der Waals surface area contributed by atoms with Gasteiger partial charge in [-0.15, -0.1) is 0 Å². The monoisotopic (exact) mass is 440 g/mol. The number of esters is 1. The fraction of sp³-hybridized carbons (Fsp3) is 0.217. The van der Waals surface area contributed by atoms with Crippen molar-refractivity contribution in [2.45, 2.75) is 32.6 Å². The molecule has 0 radical (unpaired) electrons. The third-order valence-corrected chi connectivity index (χ3v) is 5.88. The van der Waals surface area contributed by atoms with Crippen molar-refractivity contribution in [2.24, 2.45) is 5.14 Å². The van der Waals surface area contributed by atoms with E-state index in [4.69, 9.17) is 9.88 Å². The highest BCUT2D eigenvalue weighted by atomic mass is 32.2. The van der Waals surface area contributed by atoms with E-state index in [1.807, 2.05) is 31.4 Å². The minimum Gasteiger partial charge on any atom is -0.454 e. The minimum atomic E-state index is -3.79. The van der Waals surface area contributed by atoms with E-state index < -0.39 is 16.0 Å². The molecular formula is C23H24N2O5S. The molecule has 0 spiro atoms. The Hall–Kier alpha value is -3.23. The Balaban J connectivity index is 1.79. The first-order valence-electron chi connectivity index (χ1n) is 9.58. The number of aromatic nitrogens is 1. The molecule has 2 aromatic carbocycles. The summed E-state index contributed by atoms with van der Waals surface area (Å²) >= 11 is 0. The zero-order valence-electron chi connectivity index (χ0n) is 17.8. The lowest BCUT2D eigenvalue weighted by Crippen LogP contribution is -2.15. The van der Waals surface area contributed by atoms with Crippen LogP contribution < -0.4 is 5.14 Å². The molecule has 2 N–H and O–H groups in total. The van der Waals surface area contributed by atoms with E-state index in [0.29, 0.717) is 22.5 Å². The van der Waals surface area contributed by atoms with Crippen molar-refractivity contribution >= 4 is 21.8 Å². The zero-order chi connectivity index (χ0) is 22.9. The molecule has 0 atom stereocenters. The average Bonchev–Trinajstić information content (AvgIpc) is 2.98. The van der Waals surface area contributed by atoms with Gasteiger partial charge in [0.2, 0.25) is 15.8 Å². The Kier molecular flexibility index (Phi) is 6.15. The highest BCUT2D eigenvalue weighted by molar-refractivity contribution is 7.89. The van der Waals surface area contributed by atoms with Crippen LogP contribution in [0.3, 0.4) is 0 Å². The van der Waals surface area contributed by atoms with Crippen LogP contribution in [0.5, 0.6) is 0 Å². The largest absolute Gasteiger partial charge is 0.454 e. The molecule has 0 aliphatic rings. The zero-order valence-corrected chi connectivity index (χ0v) is 18.6. The van der Waals surface area contributed by atoms with Crippen LogP contribution in [-0.2, 0) is 14.8 Å². The summed E-state index contributed by atoms with van der Waals surface area (Å²) in [6.45, 7) is 7.01. The number of nitrogens with zero attached hydrogens (tertiary/aromatic N) is 1. The summed E-state index contributed by atoms with van der Waals surface area (Å²) in [5.74, 6) is -0.870. The molecule has 8 heteroatoms. The van der Waals surface area contributed by atoms with E-state index >= 15 is 0 Å². The van der Waals surface area contributed by atoms with Gasteiger partial charge in [0.25, 0.3) is 0 Å². The second-order valence-electron chi connectivity index (χ2n) is 7.53. The van der Waals surface area contributed by atoms with Gasteiger partial charge < -0.3 is 9.30 Å². The second kappa shape index (κ2) is 8.49. The summed E-state index contributed by atoms with van der Waals surface area (Å²) in [6.07, 6.45) is 0. The Bertz CT molecular complexity index is 1250. The molecule has 0 saturated carbocycles. The van der Waals surface area contributed by atoms with E-state index in [9.17, 15) is 18.0 Å². The van der Waals surface area contributed by atoms with Gasteiger partial charge in [-0.05, 0) is 70.2 Å². The van der Waals surface area contributed by atoms with E-state index in [1.165, 1.54) is 12.1 Å². The molecule has 3 aromatic rings. The van der Waals surface area contributed by atoms with Gasteiger partial charge in [-0.2, -0.15) is 0 Å². The maximum absolute atomic E-state index is 12.7. The van der Waals surface area contributed by atoms with Crippen LogP contribution in [0.2, 0.25) is 0 Å². The van der Waals surface area contributed by atoms with Gasteiger partial charge in [0.05, 0.1) is 10.5 Å². The third-order valence-electron chi connectivity index (χ3n) is 4.95. The number of Topliss-reactive ketones (excluding diaryl/α,β-unsaturated/α-hetero) is 1. The lowest BCUT2D eigenvalue weighted by Gasteiger charge is -2.11.